The lowest BCUT2D eigenvalue weighted by atomic mass is 9.89. The van der Waals surface area contributed by atoms with Gasteiger partial charge in [0.05, 0.1) is 49.3 Å². The van der Waals surface area contributed by atoms with E-state index in [9.17, 15) is 24.0 Å². The number of likely N-dealkylation sites (N-methyl/N-ethyl adjacent to an activating group) is 1. The standard InChI is InChI=1S/C33H59N5O8/c1-11-21(4)28(37(7)31(42)27(20(2)3)36-32(43)33(6)15-13-16-35-33)24(44-8)18-25(39)38-17-12-14-23(38)29(46-10)22(5)30(41)34-19-26(40)45-9/h20-24,27-29,35H,11-19H2,1-10H3,(H,34,41)(H,36,43)/t21-,22+,23-,24+,27-,28-,29+,33+/m0/s1. The molecule has 0 unspecified atom stereocenters. The van der Waals surface area contributed by atoms with Gasteiger partial charge in [0.1, 0.15) is 12.6 Å². The minimum absolute atomic E-state index is 0.0103. The van der Waals surface area contributed by atoms with Crippen molar-refractivity contribution in [2.75, 3.05) is 48.0 Å². The summed E-state index contributed by atoms with van der Waals surface area (Å²) in [5.41, 5.74) is -0.713. The molecule has 2 saturated heterocycles. The summed E-state index contributed by atoms with van der Waals surface area (Å²) in [5.74, 6) is -2.29. The van der Waals surface area contributed by atoms with Crippen molar-refractivity contribution in [1.82, 2.24) is 25.8 Å². The quantitative estimate of drug-likeness (QED) is 0.198. The van der Waals surface area contributed by atoms with E-state index in [1.807, 2.05) is 34.6 Å². The third-order valence-corrected chi connectivity index (χ3v) is 9.98. The Labute approximate surface area is 275 Å². The molecule has 0 aliphatic carbocycles. The lowest BCUT2D eigenvalue weighted by molar-refractivity contribution is -0.148. The summed E-state index contributed by atoms with van der Waals surface area (Å²) in [7, 11) is 6.04. The average Bonchev–Trinajstić information content (AvgIpc) is 3.71. The average molecular weight is 654 g/mol. The van der Waals surface area contributed by atoms with Gasteiger partial charge in [-0.1, -0.05) is 41.0 Å². The highest BCUT2D eigenvalue weighted by atomic mass is 16.5. The van der Waals surface area contributed by atoms with Gasteiger partial charge >= 0.3 is 5.97 Å². The van der Waals surface area contributed by atoms with E-state index in [2.05, 4.69) is 20.7 Å². The molecule has 4 amide bonds. The second-order valence-electron chi connectivity index (χ2n) is 13.4. The normalized spacial score (nSPS) is 23.6. The van der Waals surface area contributed by atoms with Crippen LogP contribution in [0.25, 0.3) is 0 Å². The van der Waals surface area contributed by atoms with Crippen LogP contribution < -0.4 is 16.0 Å². The van der Waals surface area contributed by atoms with E-state index < -0.39 is 41.7 Å². The van der Waals surface area contributed by atoms with E-state index in [1.54, 1.807) is 30.9 Å². The Bertz CT molecular complexity index is 1050. The Balaban J connectivity index is 2.24. The zero-order chi connectivity index (χ0) is 34.8. The number of likely N-dealkylation sites (tertiary alicyclic amines) is 1. The molecule has 0 aromatic carbocycles. The maximum atomic E-state index is 14.1. The SMILES string of the molecule is CC[C@H](C)[C@@H]([C@@H](CC(=O)N1CCC[C@H]1[C@H](OC)[C@@H](C)C(=O)NCC(=O)OC)OC)N(C)C(=O)[C@@H](NC(=O)[C@@]1(C)CCCN1)C(C)C. The summed E-state index contributed by atoms with van der Waals surface area (Å²) in [6.45, 7) is 12.5. The minimum Gasteiger partial charge on any atom is -0.468 e. The maximum Gasteiger partial charge on any atom is 0.325 e. The van der Waals surface area contributed by atoms with Crippen molar-refractivity contribution in [1.29, 1.82) is 0 Å². The van der Waals surface area contributed by atoms with Crippen molar-refractivity contribution < 1.29 is 38.2 Å². The van der Waals surface area contributed by atoms with Crippen LogP contribution in [0.1, 0.15) is 80.1 Å². The molecule has 13 nitrogen and oxygen atoms in total. The monoisotopic (exact) mass is 653 g/mol. The third-order valence-electron chi connectivity index (χ3n) is 9.98. The number of esters is 1. The number of amides is 4. The fraction of sp³-hybridized carbons (Fsp3) is 0.848. The van der Waals surface area contributed by atoms with Gasteiger partial charge in [-0.15, -0.1) is 0 Å². The molecule has 2 aliphatic rings. The van der Waals surface area contributed by atoms with Gasteiger partial charge < -0.3 is 40.0 Å². The number of nitrogens with one attached hydrogen (secondary N) is 3. The molecular weight excluding hydrogens is 594 g/mol. The number of hydrogen-bond donors (Lipinski definition) is 3. The molecule has 0 aromatic rings. The third kappa shape index (κ3) is 9.63. The summed E-state index contributed by atoms with van der Waals surface area (Å²) >= 11 is 0. The maximum absolute atomic E-state index is 14.1. The Morgan fingerprint density at radius 1 is 1.04 bits per heavy atom. The number of rotatable bonds is 17. The molecule has 3 N–H and O–H groups in total. The Morgan fingerprint density at radius 3 is 2.24 bits per heavy atom. The van der Waals surface area contributed by atoms with Crippen molar-refractivity contribution in [2.45, 2.75) is 116 Å². The predicted octanol–water partition coefficient (Wildman–Crippen LogP) is 1.48. The van der Waals surface area contributed by atoms with Gasteiger partial charge in [-0.3, -0.25) is 24.0 Å². The fourth-order valence-corrected chi connectivity index (χ4v) is 6.82. The highest BCUT2D eigenvalue weighted by Gasteiger charge is 2.44. The zero-order valence-corrected chi connectivity index (χ0v) is 29.6. The van der Waals surface area contributed by atoms with E-state index in [0.717, 1.165) is 25.8 Å². The molecule has 2 rings (SSSR count). The lowest BCUT2D eigenvalue weighted by Crippen LogP contribution is -2.61. The number of carbonyl (C=O) groups is 5. The second-order valence-corrected chi connectivity index (χ2v) is 13.4. The van der Waals surface area contributed by atoms with Crippen molar-refractivity contribution in [3.05, 3.63) is 0 Å². The molecule has 0 saturated carbocycles. The van der Waals surface area contributed by atoms with Crippen LogP contribution in [0.5, 0.6) is 0 Å². The molecule has 46 heavy (non-hydrogen) atoms. The minimum atomic E-state index is -0.742. The molecular formula is C33H59N5O8. The summed E-state index contributed by atoms with van der Waals surface area (Å²) in [4.78, 5) is 69.0. The molecule has 2 fully saturated rings. The Kier molecular flexibility index (Phi) is 15.4. The summed E-state index contributed by atoms with van der Waals surface area (Å²) in [6.07, 6.45) is 2.58. The predicted molar refractivity (Wildman–Crippen MR) is 174 cm³/mol. The molecule has 2 aliphatic heterocycles. The first-order chi connectivity index (χ1) is 21.7. The molecule has 2 heterocycles. The van der Waals surface area contributed by atoms with Crippen LogP contribution in [0.15, 0.2) is 0 Å². The van der Waals surface area contributed by atoms with Crippen LogP contribution >= 0.6 is 0 Å². The largest absolute Gasteiger partial charge is 0.468 e. The van der Waals surface area contributed by atoms with Gasteiger partial charge in [0, 0.05) is 27.8 Å². The van der Waals surface area contributed by atoms with Gasteiger partial charge in [0.2, 0.25) is 23.6 Å². The molecule has 0 bridgehead atoms. The fourth-order valence-electron chi connectivity index (χ4n) is 6.82. The number of carbonyl (C=O) groups excluding carboxylic acids is 5. The van der Waals surface area contributed by atoms with Crippen molar-refractivity contribution in [3.63, 3.8) is 0 Å². The van der Waals surface area contributed by atoms with Gasteiger partial charge in [0.15, 0.2) is 0 Å². The van der Waals surface area contributed by atoms with E-state index in [0.29, 0.717) is 19.4 Å². The summed E-state index contributed by atoms with van der Waals surface area (Å²) in [5, 5.41) is 8.86. The molecule has 0 spiro atoms. The van der Waals surface area contributed by atoms with Crippen LogP contribution in [-0.4, -0.2) is 123 Å². The van der Waals surface area contributed by atoms with Crippen LogP contribution in [0, 0.1) is 17.8 Å². The van der Waals surface area contributed by atoms with E-state index in [1.165, 1.54) is 14.2 Å². The van der Waals surface area contributed by atoms with Crippen LogP contribution in [0.3, 0.4) is 0 Å². The van der Waals surface area contributed by atoms with Crippen LogP contribution in [0.2, 0.25) is 0 Å². The lowest BCUT2D eigenvalue weighted by Gasteiger charge is -2.41. The summed E-state index contributed by atoms with van der Waals surface area (Å²) in [6, 6.07) is -1.53. The second kappa shape index (κ2) is 18.0. The van der Waals surface area contributed by atoms with Crippen LogP contribution in [0.4, 0.5) is 0 Å². The molecule has 264 valence electrons. The molecule has 0 aromatic heterocycles. The smallest absolute Gasteiger partial charge is 0.325 e. The summed E-state index contributed by atoms with van der Waals surface area (Å²) < 4.78 is 16.3. The molecule has 13 heteroatoms. The number of nitrogens with zero attached hydrogens (tertiary/aromatic N) is 2. The van der Waals surface area contributed by atoms with E-state index in [-0.39, 0.29) is 54.5 Å². The van der Waals surface area contributed by atoms with E-state index >= 15 is 0 Å². The Morgan fingerprint density at radius 2 is 1.72 bits per heavy atom. The highest BCUT2D eigenvalue weighted by Crippen LogP contribution is 2.30. The highest BCUT2D eigenvalue weighted by molar-refractivity contribution is 5.92. The van der Waals surface area contributed by atoms with Gasteiger partial charge in [0.25, 0.3) is 0 Å². The Hall–Kier alpha value is -2.77. The van der Waals surface area contributed by atoms with Gasteiger partial charge in [-0.25, -0.2) is 0 Å². The first kappa shape index (κ1) is 39.4. The number of hydrogen-bond acceptors (Lipinski definition) is 9. The molecule has 0 radical (unpaired) electrons. The van der Waals surface area contributed by atoms with Gasteiger partial charge in [-0.05, 0) is 51.0 Å². The first-order valence-corrected chi connectivity index (χ1v) is 16.7. The van der Waals surface area contributed by atoms with Crippen LogP contribution in [-0.2, 0) is 38.2 Å². The topological polar surface area (TPSA) is 156 Å². The van der Waals surface area contributed by atoms with Crippen molar-refractivity contribution in [2.24, 2.45) is 17.8 Å². The number of ether oxygens (including phenoxy) is 3. The van der Waals surface area contributed by atoms with Crippen molar-refractivity contribution >= 4 is 29.6 Å². The first-order valence-electron chi connectivity index (χ1n) is 16.7. The van der Waals surface area contributed by atoms with Crippen molar-refractivity contribution in [3.8, 4) is 0 Å². The van der Waals surface area contributed by atoms with E-state index in [4.69, 9.17) is 9.47 Å². The molecule has 8 atom stereocenters. The number of methoxy groups -OCH3 is 3. The zero-order valence-electron chi connectivity index (χ0n) is 29.6. The van der Waals surface area contributed by atoms with Gasteiger partial charge in [-0.2, -0.15) is 0 Å².